The van der Waals surface area contributed by atoms with Crippen molar-refractivity contribution in [3.63, 3.8) is 0 Å². The molecule has 2 amide bonds. The summed E-state index contributed by atoms with van der Waals surface area (Å²) in [4.78, 5) is 36.4. The Morgan fingerprint density at radius 2 is 1.73 bits per heavy atom. The van der Waals surface area contributed by atoms with Crippen molar-refractivity contribution >= 4 is 23.5 Å². The van der Waals surface area contributed by atoms with Crippen molar-refractivity contribution in [2.75, 3.05) is 19.0 Å². The summed E-state index contributed by atoms with van der Waals surface area (Å²) >= 11 is 0. The zero-order valence-corrected chi connectivity index (χ0v) is 17.6. The topological polar surface area (TPSA) is 115 Å². The molecule has 0 unspecified atom stereocenters. The summed E-state index contributed by atoms with van der Waals surface area (Å²) in [6.07, 6.45) is 1.54. The van der Waals surface area contributed by atoms with Gasteiger partial charge in [-0.15, -0.1) is 0 Å². The van der Waals surface area contributed by atoms with Gasteiger partial charge in [-0.05, 0) is 48.5 Å². The summed E-state index contributed by atoms with van der Waals surface area (Å²) in [5, 5.41) is 9.81. The van der Waals surface area contributed by atoms with Gasteiger partial charge in [0, 0.05) is 17.3 Å². The fraction of sp³-hybridized carbons (Fsp3) is 0.0833. The number of ether oxygens (including phenoxy) is 1. The highest BCUT2D eigenvalue weighted by molar-refractivity contribution is 6.04. The Labute approximate surface area is 189 Å². The Balaban J connectivity index is 1.53. The molecule has 2 aromatic carbocycles. The first-order chi connectivity index (χ1) is 16.0. The van der Waals surface area contributed by atoms with Crippen LogP contribution in [0.3, 0.4) is 0 Å². The Hall–Kier alpha value is -4.66. The Bertz CT molecular complexity index is 1260. The molecule has 4 aromatic rings. The number of hydrogen-bond donors (Lipinski definition) is 2. The molecule has 0 saturated carbocycles. The van der Waals surface area contributed by atoms with Crippen molar-refractivity contribution in [2.45, 2.75) is 0 Å². The number of carbonyl (C=O) groups excluding carboxylic acids is 3. The highest BCUT2D eigenvalue weighted by Crippen LogP contribution is 2.23. The monoisotopic (exact) mass is 444 g/mol. The van der Waals surface area contributed by atoms with Gasteiger partial charge in [-0.3, -0.25) is 14.4 Å². The van der Waals surface area contributed by atoms with Crippen molar-refractivity contribution < 1.29 is 23.5 Å². The van der Waals surface area contributed by atoms with E-state index in [2.05, 4.69) is 20.5 Å². The predicted molar refractivity (Wildman–Crippen MR) is 120 cm³/mol. The SMILES string of the molecule is COC(=O)CNC(=O)c1ccc(NC(=O)c2cc(-c3ccco3)nn2-c2ccccc2)cc1. The number of aromatic nitrogens is 2. The molecule has 0 aliphatic rings. The number of carbonyl (C=O) groups is 3. The van der Waals surface area contributed by atoms with Crippen LogP contribution in [-0.4, -0.2) is 41.2 Å². The summed E-state index contributed by atoms with van der Waals surface area (Å²) in [6.45, 7) is -0.227. The van der Waals surface area contributed by atoms with Gasteiger partial charge in [0.1, 0.15) is 17.9 Å². The molecule has 2 aromatic heterocycles. The smallest absolute Gasteiger partial charge is 0.325 e. The van der Waals surface area contributed by atoms with Gasteiger partial charge < -0.3 is 19.8 Å². The highest BCUT2D eigenvalue weighted by atomic mass is 16.5. The minimum atomic E-state index is -0.545. The summed E-state index contributed by atoms with van der Waals surface area (Å²) in [5.41, 5.74) is 2.38. The molecule has 0 aliphatic heterocycles. The molecule has 0 aliphatic carbocycles. The van der Waals surface area contributed by atoms with Crippen molar-refractivity contribution in [2.24, 2.45) is 0 Å². The fourth-order valence-electron chi connectivity index (χ4n) is 3.08. The van der Waals surface area contributed by atoms with E-state index in [1.165, 1.54) is 7.11 Å². The number of hydrogen-bond acceptors (Lipinski definition) is 6. The van der Waals surface area contributed by atoms with Gasteiger partial charge in [-0.2, -0.15) is 5.10 Å². The quantitative estimate of drug-likeness (QED) is 0.423. The lowest BCUT2D eigenvalue weighted by atomic mass is 10.2. The van der Waals surface area contributed by atoms with Crippen LogP contribution in [0, 0.1) is 0 Å². The van der Waals surface area contributed by atoms with Crippen LogP contribution in [0.2, 0.25) is 0 Å². The highest BCUT2D eigenvalue weighted by Gasteiger charge is 2.19. The maximum Gasteiger partial charge on any atom is 0.325 e. The van der Waals surface area contributed by atoms with Crippen LogP contribution in [0.15, 0.2) is 83.5 Å². The van der Waals surface area contributed by atoms with Crippen LogP contribution in [0.5, 0.6) is 0 Å². The molecule has 0 bridgehead atoms. The molecule has 2 heterocycles. The first kappa shape index (κ1) is 21.6. The molecule has 9 nitrogen and oxygen atoms in total. The normalized spacial score (nSPS) is 10.5. The minimum absolute atomic E-state index is 0.227. The average Bonchev–Trinajstić information content (AvgIpc) is 3.53. The lowest BCUT2D eigenvalue weighted by molar-refractivity contribution is -0.139. The van der Waals surface area contributed by atoms with E-state index in [1.807, 2.05) is 30.3 Å². The van der Waals surface area contributed by atoms with Crippen LogP contribution in [0.1, 0.15) is 20.8 Å². The third kappa shape index (κ3) is 4.99. The molecule has 0 saturated heterocycles. The lowest BCUT2D eigenvalue weighted by Gasteiger charge is -2.09. The van der Waals surface area contributed by atoms with E-state index >= 15 is 0 Å². The molecule has 33 heavy (non-hydrogen) atoms. The van der Waals surface area contributed by atoms with Crippen LogP contribution < -0.4 is 10.6 Å². The predicted octanol–water partition coefficient (Wildman–Crippen LogP) is 3.29. The van der Waals surface area contributed by atoms with E-state index in [1.54, 1.807) is 53.4 Å². The largest absolute Gasteiger partial charge is 0.468 e. The van der Waals surface area contributed by atoms with Crippen LogP contribution >= 0.6 is 0 Å². The van der Waals surface area contributed by atoms with Gasteiger partial charge >= 0.3 is 5.97 Å². The minimum Gasteiger partial charge on any atom is -0.468 e. The standard InChI is InChI=1S/C24H20N4O5/c1-32-22(29)15-25-23(30)16-9-11-17(12-10-16)26-24(31)20-14-19(21-8-5-13-33-21)27-28(20)18-6-3-2-4-7-18/h2-14H,15H2,1H3,(H,25,30)(H,26,31). The Kier molecular flexibility index (Phi) is 6.31. The molecule has 0 radical (unpaired) electrons. The molecule has 166 valence electrons. The van der Waals surface area contributed by atoms with E-state index in [9.17, 15) is 14.4 Å². The van der Waals surface area contributed by atoms with Crippen LogP contribution in [0.4, 0.5) is 5.69 Å². The van der Waals surface area contributed by atoms with Gasteiger partial charge in [0.25, 0.3) is 11.8 Å². The van der Waals surface area contributed by atoms with Crippen molar-refractivity contribution in [1.29, 1.82) is 0 Å². The number of methoxy groups -OCH3 is 1. The average molecular weight is 444 g/mol. The summed E-state index contributed by atoms with van der Waals surface area (Å²) < 4.78 is 11.5. The molecule has 0 spiro atoms. The number of para-hydroxylation sites is 1. The molecule has 0 fully saturated rings. The number of furan rings is 1. The second-order valence-corrected chi connectivity index (χ2v) is 6.93. The van der Waals surface area contributed by atoms with Gasteiger partial charge in [-0.1, -0.05) is 18.2 Å². The first-order valence-corrected chi connectivity index (χ1v) is 10.0. The van der Waals surface area contributed by atoms with E-state index in [0.717, 1.165) is 5.69 Å². The molecule has 4 rings (SSSR count). The van der Waals surface area contributed by atoms with E-state index < -0.39 is 11.9 Å². The van der Waals surface area contributed by atoms with Crippen LogP contribution in [0.25, 0.3) is 17.1 Å². The van der Waals surface area contributed by atoms with E-state index in [4.69, 9.17) is 4.42 Å². The van der Waals surface area contributed by atoms with E-state index in [0.29, 0.717) is 28.4 Å². The Morgan fingerprint density at radius 3 is 2.39 bits per heavy atom. The van der Waals surface area contributed by atoms with Gasteiger partial charge in [0.05, 0.1) is 19.1 Å². The molecule has 2 N–H and O–H groups in total. The first-order valence-electron chi connectivity index (χ1n) is 10.0. The number of nitrogens with one attached hydrogen (secondary N) is 2. The number of esters is 1. The number of rotatable bonds is 7. The zero-order chi connectivity index (χ0) is 23.2. The number of anilines is 1. The van der Waals surface area contributed by atoms with E-state index in [-0.39, 0.29) is 12.5 Å². The third-order valence-corrected chi connectivity index (χ3v) is 4.74. The summed E-state index contributed by atoms with van der Waals surface area (Å²) in [7, 11) is 1.24. The molecule has 0 atom stereocenters. The molecular weight excluding hydrogens is 424 g/mol. The van der Waals surface area contributed by atoms with Gasteiger partial charge in [0.2, 0.25) is 0 Å². The van der Waals surface area contributed by atoms with Gasteiger partial charge in [-0.25, -0.2) is 4.68 Å². The lowest BCUT2D eigenvalue weighted by Crippen LogP contribution is -2.30. The maximum absolute atomic E-state index is 13.1. The zero-order valence-electron chi connectivity index (χ0n) is 17.6. The molecular formula is C24H20N4O5. The van der Waals surface area contributed by atoms with Crippen LogP contribution in [-0.2, 0) is 9.53 Å². The van der Waals surface area contributed by atoms with Crippen molar-refractivity contribution in [3.8, 4) is 17.1 Å². The third-order valence-electron chi connectivity index (χ3n) is 4.74. The fourth-order valence-corrected chi connectivity index (χ4v) is 3.08. The van der Waals surface area contributed by atoms with Crippen molar-refractivity contribution in [1.82, 2.24) is 15.1 Å². The maximum atomic E-state index is 13.1. The second-order valence-electron chi connectivity index (χ2n) is 6.93. The second kappa shape index (κ2) is 9.65. The van der Waals surface area contributed by atoms with Gasteiger partial charge in [0.15, 0.2) is 5.76 Å². The summed E-state index contributed by atoms with van der Waals surface area (Å²) in [5.74, 6) is -0.812. The molecule has 9 heteroatoms. The number of nitrogens with zero attached hydrogens (tertiary/aromatic N) is 2. The number of amides is 2. The van der Waals surface area contributed by atoms with Crippen molar-refractivity contribution in [3.05, 3.63) is 90.3 Å². The summed E-state index contributed by atoms with van der Waals surface area (Å²) in [6, 6.07) is 20.7. The Morgan fingerprint density at radius 1 is 0.970 bits per heavy atom. The number of benzene rings is 2.